The van der Waals surface area contributed by atoms with Crippen molar-refractivity contribution in [3.8, 4) is 11.1 Å². The number of nitrogens with two attached hydrogens (primary N) is 1. The summed E-state index contributed by atoms with van der Waals surface area (Å²) in [4.78, 5) is 27.3. The average Bonchev–Trinajstić information content (AvgIpc) is 3.14. The van der Waals surface area contributed by atoms with E-state index in [2.05, 4.69) is 5.32 Å². The minimum Gasteiger partial charge on any atom is -0.391 e. The Kier molecular flexibility index (Phi) is 7.00. The van der Waals surface area contributed by atoms with Crippen molar-refractivity contribution >= 4 is 11.8 Å². The third-order valence-electron chi connectivity index (χ3n) is 6.02. The zero-order chi connectivity index (χ0) is 23.6. The molecular weight excluding hydrogens is 409 g/mol. The standard InChI is InChI=1S/C25H32FN3O3/c1-15(16-9-11-17(12-10-16)19-7-5-6-8-20(19)26)28-23(31)21-13-18(30)14-29(21)24(32)22(27)25(2,3)4/h5-12,15,18,21-22,30H,13-14,27H2,1-4H3,(H,28,31)/t15-,18+,21-,22+/m0/s1. The summed E-state index contributed by atoms with van der Waals surface area (Å²) >= 11 is 0. The number of halogens is 1. The van der Waals surface area contributed by atoms with E-state index in [4.69, 9.17) is 5.73 Å². The second-order valence-corrected chi connectivity index (χ2v) is 9.57. The fourth-order valence-electron chi connectivity index (χ4n) is 3.89. The molecule has 1 saturated heterocycles. The molecule has 0 bridgehead atoms. The summed E-state index contributed by atoms with van der Waals surface area (Å²) in [6.07, 6.45) is -0.592. The molecule has 172 valence electrons. The highest BCUT2D eigenvalue weighted by Gasteiger charge is 2.42. The number of hydrogen-bond acceptors (Lipinski definition) is 4. The number of carbonyl (C=O) groups is 2. The Bertz CT molecular complexity index is 971. The van der Waals surface area contributed by atoms with E-state index in [0.29, 0.717) is 5.56 Å². The summed E-state index contributed by atoms with van der Waals surface area (Å²) in [6.45, 7) is 7.53. The van der Waals surface area contributed by atoms with Crippen LogP contribution in [0.2, 0.25) is 0 Å². The molecule has 1 aliphatic rings. The number of nitrogens with one attached hydrogen (secondary N) is 1. The first-order valence-corrected chi connectivity index (χ1v) is 10.9. The molecule has 32 heavy (non-hydrogen) atoms. The molecule has 2 aromatic carbocycles. The number of amides is 2. The van der Waals surface area contributed by atoms with Crippen molar-refractivity contribution in [2.45, 2.75) is 58.3 Å². The van der Waals surface area contributed by atoms with Crippen LogP contribution in [0.15, 0.2) is 48.5 Å². The molecule has 1 fully saturated rings. The highest BCUT2D eigenvalue weighted by Crippen LogP contribution is 2.27. The van der Waals surface area contributed by atoms with Gasteiger partial charge < -0.3 is 21.1 Å². The largest absolute Gasteiger partial charge is 0.391 e. The lowest BCUT2D eigenvalue weighted by Gasteiger charge is -2.32. The molecule has 3 rings (SSSR count). The van der Waals surface area contributed by atoms with Crippen molar-refractivity contribution in [2.75, 3.05) is 6.54 Å². The number of nitrogens with zero attached hydrogens (tertiary/aromatic N) is 1. The van der Waals surface area contributed by atoms with Gasteiger partial charge in [-0.05, 0) is 29.5 Å². The molecule has 7 heteroatoms. The van der Waals surface area contributed by atoms with Crippen molar-refractivity contribution < 1.29 is 19.1 Å². The Morgan fingerprint density at radius 1 is 1.16 bits per heavy atom. The summed E-state index contributed by atoms with van der Waals surface area (Å²) < 4.78 is 14.0. The van der Waals surface area contributed by atoms with Crippen LogP contribution in [-0.2, 0) is 9.59 Å². The van der Waals surface area contributed by atoms with Crippen molar-refractivity contribution in [3.05, 3.63) is 59.9 Å². The zero-order valence-corrected chi connectivity index (χ0v) is 19.0. The maximum atomic E-state index is 14.0. The van der Waals surface area contributed by atoms with Crippen molar-refractivity contribution in [2.24, 2.45) is 11.1 Å². The topological polar surface area (TPSA) is 95.7 Å². The third kappa shape index (κ3) is 5.16. The predicted octanol–water partition coefficient (Wildman–Crippen LogP) is 3.01. The van der Waals surface area contributed by atoms with Crippen molar-refractivity contribution in [3.63, 3.8) is 0 Å². The first kappa shape index (κ1) is 23.9. The van der Waals surface area contributed by atoms with Crippen LogP contribution in [0.3, 0.4) is 0 Å². The van der Waals surface area contributed by atoms with Crippen LogP contribution < -0.4 is 11.1 Å². The van der Waals surface area contributed by atoms with Crippen LogP contribution in [0.25, 0.3) is 11.1 Å². The van der Waals surface area contributed by atoms with Gasteiger partial charge in [-0.1, -0.05) is 63.2 Å². The number of carbonyl (C=O) groups excluding carboxylic acids is 2. The number of β-amino-alcohol motifs (C(OH)–C–C–N with tert-alkyl or cyclic N) is 1. The molecule has 0 unspecified atom stereocenters. The van der Waals surface area contributed by atoms with Gasteiger partial charge in [0.2, 0.25) is 11.8 Å². The SMILES string of the molecule is C[C@H](NC(=O)[C@@H]1C[C@@H](O)CN1C(=O)[C@@H](N)C(C)(C)C)c1ccc(-c2ccccc2F)cc1. The molecule has 1 aliphatic heterocycles. The third-order valence-corrected chi connectivity index (χ3v) is 6.02. The van der Waals surface area contributed by atoms with Gasteiger partial charge >= 0.3 is 0 Å². The molecular formula is C25H32FN3O3. The van der Waals surface area contributed by atoms with Crippen LogP contribution in [0.1, 0.15) is 45.7 Å². The van der Waals surface area contributed by atoms with E-state index < -0.39 is 23.6 Å². The minimum absolute atomic E-state index is 0.0897. The van der Waals surface area contributed by atoms with Crippen LogP contribution in [-0.4, -0.2) is 46.6 Å². The lowest BCUT2D eigenvalue weighted by atomic mass is 9.86. The van der Waals surface area contributed by atoms with Crippen LogP contribution in [0, 0.1) is 11.2 Å². The first-order valence-electron chi connectivity index (χ1n) is 10.9. The van der Waals surface area contributed by atoms with Gasteiger partial charge in [0.1, 0.15) is 11.9 Å². The Balaban J connectivity index is 1.70. The maximum Gasteiger partial charge on any atom is 0.243 e. The van der Waals surface area contributed by atoms with E-state index in [1.807, 2.05) is 52.0 Å². The van der Waals surface area contributed by atoms with Gasteiger partial charge in [-0.2, -0.15) is 0 Å². The Morgan fingerprint density at radius 3 is 2.38 bits per heavy atom. The van der Waals surface area contributed by atoms with E-state index in [1.165, 1.54) is 11.0 Å². The number of benzene rings is 2. The lowest BCUT2D eigenvalue weighted by molar-refractivity contribution is -0.141. The minimum atomic E-state index is -0.772. The van der Waals surface area contributed by atoms with Crippen molar-refractivity contribution in [1.29, 1.82) is 0 Å². The number of aliphatic hydroxyl groups excluding tert-OH is 1. The number of aliphatic hydroxyl groups is 1. The zero-order valence-electron chi connectivity index (χ0n) is 19.0. The van der Waals surface area contributed by atoms with Crippen LogP contribution in [0.5, 0.6) is 0 Å². The summed E-state index contributed by atoms with van der Waals surface area (Å²) in [5, 5.41) is 13.1. The second kappa shape index (κ2) is 9.38. The van der Waals surface area contributed by atoms with Gasteiger partial charge in [-0.3, -0.25) is 9.59 Å². The summed E-state index contributed by atoms with van der Waals surface area (Å²) in [5.74, 6) is -0.961. The quantitative estimate of drug-likeness (QED) is 0.665. The fraction of sp³-hybridized carbons (Fsp3) is 0.440. The van der Waals surface area contributed by atoms with Crippen LogP contribution >= 0.6 is 0 Å². The van der Waals surface area contributed by atoms with Gasteiger partial charge in [-0.15, -0.1) is 0 Å². The van der Waals surface area contributed by atoms with Gasteiger partial charge in [-0.25, -0.2) is 4.39 Å². The molecule has 2 aromatic rings. The second-order valence-electron chi connectivity index (χ2n) is 9.57. The van der Waals surface area contributed by atoms with Gasteiger partial charge in [0.15, 0.2) is 0 Å². The number of hydrogen-bond donors (Lipinski definition) is 3. The smallest absolute Gasteiger partial charge is 0.243 e. The molecule has 2 amide bonds. The molecule has 0 saturated carbocycles. The van der Waals surface area contributed by atoms with E-state index in [1.54, 1.807) is 18.2 Å². The van der Waals surface area contributed by atoms with Gasteiger partial charge in [0.25, 0.3) is 0 Å². The number of rotatable bonds is 5. The molecule has 0 radical (unpaired) electrons. The van der Waals surface area contributed by atoms with E-state index in [0.717, 1.165) is 11.1 Å². The van der Waals surface area contributed by atoms with E-state index in [-0.39, 0.29) is 36.6 Å². The normalized spacial score (nSPS) is 20.7. The van der Waals surface area contributed by atoms with E-state index in [9.17, 15) is 19.1 Å². The predicted molar refractivity (Wildman–Crippen MR) is 122 cm³/mol. The maximum absolute atomic E-state index is 14.0. The fourth-order valence-corrected chi connectivity index (χ4v) is 3.89. The molecule has 4 atom stereocenters. The Labute approximate surface area is 188 Å². The monoisotopic (exact) mass is 441 g/mol. The molecule has 4 N–H and O–H groups in total. The summed E-state index contributed by atoms with van der Waals surface area (Å²) in [7, 11) is 0. The molecule has 0 spiro atoms. The average molecular weight is 442 g/mol. The molecule has 0 aliphatic carbocycles. The van der Waals surface area contributed by atoms with E-state index >= 15 is 0 Å². The van der Waals surface area contributed by atoms with Gasteiger partial charge in [0.05, 0.1) is 18.2 Å². The van der Waals surface area contributed by atoms with Crippen molar-refractivity contribution in [1.82, 2.24) is 10.2 Å². The summed E-state index contributed by atoms with van der Waals surface area (Å²) in [5.41, 5.74) is 7.77. The van der Waals surface area contributed by atoms with Crippen LogP contribution in [0.4, 0.5) is 4.39 Å². The highest BCUT2D eigenvalue weighted by atomic mass is 19.1. The Morgan fingerprint density at radius 2 is 1.78 bits per heavy atom. The Hall–Kier alpha value is -2.77. The summed E-state index contributed by atoms with van der Waals surface area (Å²) in [6, 6.07) is 12.0. The molecule has 1 heterocycles. The molecule has 0 aromatic heterocycles. The molecule has 6 nitrogen and oxygen atoms in total. The first-order chi connectivity index (χ1) is 15.0. The number of likely N-dealkylation sites (tertiary alicyclic amines) is 1. The van der Waals surface area contributed by atoms with Gasteiger partial charge in [0, 0.05) is 18.5 Å². The lowest BCUT2D eigenvalue weighted by Crippen LogP contribution is -2.55. The highest BCUT2D eigenvalue weighted by molar-refractivity contribution is 5.91.